The molecule has 1 aromatic carbocycles. The molecule has 0 atom stereocenters. The average Bonchev–Trinajstić information content (AvgIpc) is 3.33. The lowest BCUT2D eigenvalue weighted by Crippen LogP contribution is -2.17. The molecule has 0 spiro atoms. The molecule has 32 heavy (non-hydrogen) atoms. The minimum absolute atomic E-state index is 0.189. The minimum atomic E-state index is -0.546. The molecule has 1 amide bonds. The summed E-state index contributed by atoms with van der Waals surface area (Å²) < 4.78 is 25.6. The van der Waals surface area contributed by atoms with Crippen molar-refractivity contribution >= 4 is 33.9 Å². The highest BCUT2D eigenvalue weighted by molar-refractivity contribution is 7.15. The highest BCUT2D eigenvalue weighted by Crippen LogP contribution is 2.37. The average molecular weight is 453 g/mol. The van der Waals surface area contributed by atoms with Crippen LogP contribution in [-0.4, -0.2) is 35.0 Å². The number of thiophene rings is 1. The molecule has 0 fully saturated rings. The summed E-state index contributed by atoms with van der Waals surface area (Å²) in [6, 6.07) is 10.0. The van der Waals surface area contributed by atoms with Gasteiger partial charge in [0.25, 0.3) is 5.91 Å². The maximum atomic E-state index is 13.8. The lowest BCUT2D eigenvalue weighted by atomic mass is 10.0. The van der Waals surface area contributed by atoms with E-state index in [0.717, 1.165) is 5.56 Å². The van der Waals surface area contributed by atoms with Crippen molar-refractivity contribution in [2.75, 3.05) is 19.0 Å². The van der Waals surface area contributed by atoms with Crippen LogP contribution in [0.1, 0.15) is 33.5 Å². The number of amides is 1. The fraction of sp³-hybridized carbons (Fsp3) is 0.174. The standard InChI is InChI=1S/C23H20FN3O4S/c1-4-31-23(29)19-17(14-5-8-16(30-3)9-6-14)12-32-22(19)26-21(28)20-13(2)25-18-10-7-15(24)11-27(18)20/h5-12H,4H2,1-3H3,(H,26,28). The number of aryl methyl sites for hydroxylation is 1. The molecule has 164 valence electrons. The second kappa shape index (κ2) is 8.80. The first kappa shape index (κ1) is 21.5. The second-order valence-corrected chi connectivity index (χ2v) is 7.76. The van der Waals surface area contributed by atoms with Gasteiger partial charge in [-0.15, -0.1) is 11.3 Å². The van der Waals surface area contributed by atoms with E-state index in [1.54, 1.807) is 38.5 Å². The zero-order valence-electron chi connectivity index (χ0n) is 17.6. The number of hydrogen-bond donors (Lipinski definition) is 1. The number of aromatic nitrogens is 2. The van der Waals surface area contributed by atoms with Crippen molar-refractivity contribution < 1.29 is 23.5 Å². The Labute approximate surface area is 187 Å². The summed E-state index contributed by atoms with van der Waals surface area (Å²) in [7, 11) is 1.57. The van der Waals surface area contributed by atoms with E-state index in [1.807, 2.05) is 12.1 Å². The summed E-state index contributed by atoms with van der Waals surface area (Å²) in [6.07, 6.45) is 1.20. The molecule has 0 saturated carbocycles. The van der Waals surface area contributed by atoms with Crippen LogP contribution in [0, 0.1) is 12.7 Å². The normalized spacial score (nSPS) is 10.9. The Hall–Kier alpha value is -3.72. The Morgan fingerprint density at radius 1 is 1.19 bits per heavy atom. The van der Waals surface area contributed by atoms with Crippen molar-refractivity contribution in [3.05, 3.63) is 70.7 Å². The quantitative estimate of drug-likeness (QED) is 0.418. The van der Waals surface area contributed by atoms with Crippen LogP contribution in [0.25, 0.3) is 16.8 Å². The van der Waals surface area contributed by atoms with E-state index in [-0.39, 0.29) is 17.9 Å². The SMILES string of the molecule is CCOC(=O)c1c(-c2ccc(OC)cc2)csc1NC(=O)c1c(C)nc2ccc(F)cn12. The summed E-state index contributed by atoms with van der Waals surface area (Å²) in [6.45, 7) is 3.57. The van der Waals surface area contributed by atoms with Crippen molar-refractivity contribution in [2.24, 2.45) is 0 Å². The van der Waals surface area contributed by atoms with Crippen LogP contribution in [0.15, 0.2) is 48.0 Å². The first-order chi connectivity index (χ1) is 15.4. The molecule has 0 bridgehead atoms. The number of carbonyl (C=O) groups excluding carboxylic acids is 2. The molecule has 3 aromatic heterocycles. The Bertz CT molecular complexity index is 1310. The number of fused-ring (bicyclic) bond motifs is 1. The van der Waals surface area contributed by atoms with E-state index in [0.29, 0.717) is 27.7 Å². The zero-order chi connectivity index (χ0) is 22.8. The summed E-state index contributed by atoms with van der Waals surface area (Å²) in [5.41, 5.74) is 2.75. The number of nitrogens with one attached hydrogen (secondary N) is 1. The zero-order valence-corrected chi connectivity index (χ0v) is 18.5. The van der Waals surface area contributed by atoms with Crippen molar-refractivity contribution in [3.63, 3.8) is 0 Å². The van der Waals surface area contributed by atoms with E-state index in [1.165, 1.54) is 34.1 Å². The molecule has 3 heterocycles. The molecule has 0 saturated heterocycles. The van der Waals surface area contributed by atoms with E-state index in [2.05, 4.69) is 10.3 Å². The van der Waals surface area contributed by atoms with E-state index >= 15 is 0 Å². The van der Waals surface area contributed by atoms with Crippen molar-refractivity contribution in [1.29, 1.82) is 0 Å². The third-order valence-electron chi connectivity index (χ3n) is 4.87. The topological polar surface area (TPSA) is 81.9 Å². The fourth-order valence-electron chi connectivity index (χ4n) is 3.41. The van der Waals surface area contributed by atoms with Gasteiger partial charge in [0.05, 0.1) is 19.4 Å². The summed E-state index contributed by atoms with van der Waals surface area (Å²) in [5.74, 6) is -0.857. The van der Waals surface area contributed by atoms with Gasteiger partial charge in [-0.1, -0.05) is 12.1 Å². The van der Waals surface area contributed by atoms with Crippen LogP contribution in [0.5, 0.6) is 5.75 Å². The molecule has 0 aliphatic carbocycles. The van der Waals surface area contributed by atoms with Gasteiger partial charge in [-0.2, -0.15) is 0 Å². The predicted molar refractivity (Wildman–Crippen MR) is 120 cm³/mol. The molecular formula is C23H20FN3O4S. The third kappa shape index (κ3) is 3.94. The highest BCUT2D eigenvalue weighted by Gasteiger charge is 2.25. The van der Waals surface area contributed by atoms with Crippen LogP contribution in [0.3, 0.4) is 0 Å². The van der Waals surface area contributed by atoms with Gasteiger partial charge < -0.3 is 14.8 Å². The number of hydrogen-bond acceptors (Lipinski definition) is 6. The number of ether oxygens (including phenoxy) is 2. The van der Waals surface area contributed by atoms with Crippen LogP contribution in [0.2, 0.25) is 0 Å². The Morgan fingerprint density at radius 3 is 2.62 bits per heavy atom. The van der Waals surface area contributed by atoms with Crippen molar-refractivity contribution in [2.45, 2.75) is 13.8 Å². The molecule has 9 heteroatoms. The largest absolute Gasteiger partial charge is 0.497 e. The van der Waals surface area contributed by atoms with Gasteiger partial charge in [-0.05, 0) is 43.7 Å². The number of anilines is 1. The van der Waals surface area contributed by atoms with Crippen molar-refractivity contribution in [3.8, 4) is 16.9 Å². The maximum Gasteiger partial charge on any atom is 0.341 e. The summed E-state index contributed by atoms with van der Waals surface area (Å²) in [4.78, 5) is 30.2. The van der Waals surface area contributed by atoms with Gasteiger partial charge in [0.15, 0.2) is 0 Å². The molecule has 0 unspecified atom stereocenters. The maximum absolute atomic E-state index is 13.8. The molecule has 0 aliphatic heterocycles. The van der Waals surface area contributed by atoms with Gasteiger partial charge in [-0.3, -0.25) is 9.20 Å². The number of pyridine rings is 1. The number of rotatable bonds is 6. The summed E-state index contributed by atoms with van der Waals surface area (Å²) >= 11 is 1.21. The number of nitrogens with zero attached hydrogens (tertiary/aromatic N) is 2. The molecule has 4 aromatic rings. The van der Waals surface area contributed by atoms with Gasteiger partial charge in [0, 0.05) is 17.1 Å². The second-order valence-electron chi connectivity index (χ2n) is 6.88. The molecule has 7 nitrogen and oxygen atoms in total. The Balaban J connectivity index is 1.74. The number of esters is 1. The Kier molecular flexibility index (Phi) is 5.91. The smallest absolute Gasteiger partial charge is 0.341 e. The first-order valence-corrected chi connectivity index (χ1v) is 10.7. The van der Waals surface area contributed by atoms with Gasteiger partial charge in [0.2, 0.25) is 0 Å². The summed E-state index contributed by atoms with van der Waals surface area (Å²) in [5, 5.41) is 4.91. The lowest BCUT2D eigenvalue weighted by Gasteiger charge is -2.10. The third-order valence-corrected chi connectivity index (χ3v) is 5.77. The molecular weight excluding hydrogens is 433 g/mol. The first-order valence-electron chi connectivity index (χ1n) is 9.81. The highest BCUT2D eigenvalue weighted by atomic mass is 32.1. The lowest BCUT2D eigenvalue weighted by molar-refractivity contribution is 0.0529. The monoisotopic (exact) mass is 453 g/mol. The van der Waals surface area contributed by atoms with E-state index in [4.69, 9.17) is 9.47 Å². The van der Waals surface area contributed by atoms with Crippen molar-refractivity contribution in [1.82, 2.24) is 9.38 Å². The fourth-order valence-corrected chi connectivity index (χ4v) is 4.36. The Morgan fingerprint density at radius 2 is 1.94 bits per heavy atom. The van der Waals surface area contributed by atoms with Gasteiger partial charge >= 0.3 is 5.97 Å². The van der Waals surface area contributed by atoms with Crippen LogP contribution >= 0.6 is 11.3 Å². The van der Waals surface area contributed by atoms with E-state index < -0.39 is 17.7 Å². The number of benzene rings is 1. The van der Waals surface area contributed by atoms with Gasteiger partial charge in [0.1, 0.15) is 33.5 Å². The molecule has 0 radical (unpaired) electrons. The number of carbonyl (C=O) groups is 2. The van der Waals surface area contributed by atoms with Gasteiger partial charge in [-0.25, -0.2) is 14.2 Å². The van der Waals surface area contributed by atoms with Crippen LogP contribution in [-0.2, 0) is 4.74 Å². The van der Waals surface area contributed by atoms with Crippen LogP contribution < -0.4 is 10.1 Å². The number of methoxy groups -OCH3 is 1. The minimum Gasteiger partial charge on any atom is -0.497 e. The van der Waals surface area contributed by atoms with Crippen LogP contribution in [0.4, 0.5) is 9.39 Å². The molecule has 4 rings (SSSR count). The molecule has 1 N–H and O–H groups in total. The number of imidazole rings is 1. The number of halogens is 1. The molecule has 0 aliphatic rings. The van der Waals surface area contributed by atoms with E-state index in [9.17, 15) is 14.0 Å². The predicted octanol–water partition coefficient (Wildman–Crippen LogP) is 4.95.